The Bertz CT molecular complexity index is 624. The van der Waals surface area contributed by atoms with Crippen molar-refractivity contribution in [1.29, 1.82) is 0 Å². The van der Waals surface area contributed by atoms with Gasteiger partial charge >= 0.3 is 5.97 Å². The lowest BCUT2D eigenvalue weighted by Crippen LogP contribution is -2.12. The Hall–Kier alpha value is -2.33. The number of nitrogens with two attached hydrogens (primary N) is 1. The van der Waals surface area contributed by atoms with Gasteiger partial charge < -0.3 is 16.2 Å². The van der Waals surface area contributed by atoms with Crippen LogP contribution in [-0.4, -0.2) is 24.2 Å². The van der Waals surface area contributed by atoms with Gasteiger partial charge in [0, 0.05) is 18.8 Å². The Labute approximate surface area is 118 Å². The molecular formula is C16H18N2O2. The van der Waals surface area contributed by atoms with Crippen LogP contribution in [-0.2, 0) is 0 Å². The van der Waals surface area contributed by atoms with E-state index in [-0.39, 0.29) is 0 Å². The Morgan fingerprint density at radius 1 is 1.25 bits per heavy atom. The minimum absolute atomic E-state index is 0.336. The maximum atomic E-state index is 11.2. The minimum atomic E-state index is -0.901. The summed E-state index contributed by atoms with van der Waals surface area (Å²) in [5.74, 6) is -0.901. The van der Waals surface area contributed by atoms with Crippen LogP contribution in [0.1, 0.15) is 15.9 Å². The summed E-state index contributed by atoms with van der Waals surface area (Å²) >= 11 is 0. The molecule has 0 unspecified atom stereocenters. The summed E-state index contributed by atoms with van der Waals surface area (Å²) in [6.45, 7) is 3.11. The van der Waals surface area contributed by atoms with Crippen LogP contribution >= 0.6 is 0 Å². The van der Waals surface area contributed by atoms with E-state index < -0.39 is 5.97 Å². The van der Waals surface area contributed by atoms with Crippen LogP contribution in [0.5, 0.6) is 0 Å². The van der Waals surface area contributed by atoms with Crippen LogP contribution in [0.2, 0.25) is 0 Å². The molecule has 4 heteroatoms. The number of carbonyl (C=O) groups is 1. The third-order valence-corrected chi connectivity index (χ3v) is 3.21. The van der Waals surface area contributed by atoms with E-state index in [1.807, 2.05) is 37.3 Å². The molecule has 0 aromatic heterocycles. The molecule has 104 valence electrons. The molecule has 4 nitrogen and oxygen atoms in total. The molecule has 4 N–H and O–H groups in total. The molecule has 0 amide bonds. The lowest BCUT2D eigenvalue weighted by Gasteiger charge is -2.11. The molecule has 0 aliphatic rings. The smallest absolute Gasteiger partial charge is 0.335 e. The van der Waals surface area contributed by atoms with Gasteiger partial charge in [0.2, 0.25) is 0 Å². The van der Waals surface area contributed by atoms with E-state index >= 15 is 0 Å². The van der Waals surface area contributed by atoms with Crippen molar-refractivity contribution in [2.24, 2.45) is 5.73 Å². The van der Waals surface area contributed by atoms with Crippen molar-refractivity contribution < 1.29 is 9.90 Å². The topological polar surface area (TPSA) is 75.3 Å². The quantitative estimate of drug-likeness (QED) is 0.781. The fourth-order valence-electron chi connectivity index (χ4n) is 2.19. The van der Waals surface area contributed by atoms with Crippen LogP contribution in [0.4, 0.5) is 5.69 Å². The van der Waals surface area contributed by atoms with Crippen molar-refractivity contribution in [3.63, 3.8) is 0 Å². The number of nitrogens with one attached hydrogen (secondary N) is 1. The van der Waals surface area contributed by atoms with Crippen molar-refractivity contribution in [1.82, 2.24) is 0 Å². The fraction of sp³-hybridized carbons (Fsp3) is 0.188. The highest BCUT2D eigenvalue weighted by molar-refractivity contribution is 5.92. The molecule has 0 heterocycles. The molecule has 0 saturated heterocycles. The molecule has 0 saturated carbocycles. The van der Waals surface area contributed by atoms with Crippen LogP contribution in [0.25, 0.3) is 11.1 Å². The van der Waals surface area contributed by atoms with Crippen LogP contribution in [0.15, 0.2) is 42.5 Å². The van der Waals surface area contributed by atoms with Crippen LogP contribution in [0, 0.1) is 6.92 Å². The summed E-state index contributed by atoms with van der Waals surface area (Å²) < 4.78 is 0. The van der Waals surface area contributed by atoms with E-state index in [9.17, 15) is 9.90 Å². The van der Waals surface area contributed by atoms with Gasteiger partial charge in [-0.25, -0.2) is 4.79 Å². The third-order valence-electron chi connectivity index (χ3n) is 3.21. The van der Waals surface area contributed by atoms with Crippen molar-refractivity contribution in [2.45, 2.75) is 6.92 Å². The summed E-state index contributed by atoms with van der Waals surface area (Å²) in [5, 5.41) is 12.4. The highest BCUT2D eigenvalue weighted by Gasteiger charge is 2.11. The van der Waals surface area contributed by atoms with Crippen molar-refractivity contribution >= 4 is 11.7 Å². The number of carboxylic acid groups (broad SMARTS) is 1. The lowest BCUT2D eigenvalue weighted by molar-refractivity contribution is 0.0696. The van der Waals surface area contributed by atoms with Gasteiger partial charge in [-0.05, 0) is 41.8 Å². The fourth-order valence-corrected chi connectivity index (χ4v) is 2.19. The SMILES string of the molecule is Cc1c(C(=O)O)cccc1-c1cccc(NCCN)c1. The second kappa shape index (κ2) is 6.21. The standard InChI is InChI=1S/C16H18N2O2/c1-11-14(6-3-7-15(11)16(19)20)12-4-2-5-13(10-12)18-9-8-17/h2-7,10,18H,8-9,17H2,1H3,(H,19,20). The molecule has 0 aliphatic heterocycles. The van der Waals surface area contributed by atoms with Gasteiger partial charge in [-0.3, -0.25) is 0 Å². The number of hydrogen-bond donors (Lipinski definition) is 3. The molecule has 2 rings (SSSR count). The van der Waals surface area contributed by atoms with Crippen LogP contribution < -0.4 is 11.1 Å². The summed E-state index contributed by atoms with van der Waals surface area (Å²) in [6, 6.07) is 13.2. The summed E-state index contributed by atoms with van der Waals surface area (Å²) in [7, 11) is 0. The van der Waals surface area contributed by atoms with E-state index in [1.54, 1.807) is 12.1 Å². The molecule has 2 aromatic rings. The Morgan fingerprint density at radius 3 is 2.70 bits per heavy atom. The molecule has 20 heavy (non-hydrogen) atoms. The number of carboxylic acids is 1. The second-order valence-electron chi connectivity index (χ2n) is 4.58. The monoisotopic (exact) mass is 270 g/mol. The van der Waals surface area contributed by atoms with Gasteiger partial charge in [0.05, 0.1) is 5.56 Å². The molecular weight excluding hydrogens is 252 g/mol. The molecule has 0 radical (unpaired) electrons. The van der Waals surface area contributed by atoms with Crippen molar-refractivity contribution in [2.75, 3.05) is 18.4 Å². The zero-order valence-corrected chi connectivity index (χ0v) is 11.4. The highest BCUT2D eigenvalue weighted by atomic mass is 16.4. The summed E-state index contributed by atoms with van der Waals surface area (Å²) in [4.78, 5) is 11.2. The number of aromatic carboxylic acids is 1. The number of anilines is 1. The minimum Gasteiger partial charge on any atom is -0.478 e. The number of rotatable bonds is 5. The van der Waals surface area contributed by atoms with E-state index in [2.05, 4.69) is 5.32 Å². The average molecular weight is 270 g/mol. The first-order valence-corrected chi connectivity index (χ1v) is 6.50. The summed E-state index contributed by atoms with van der Waals surface area (Å²) in [6.07, 6.45) is 0. The number of benzene rings is 2. The maximum Gasteiger partial charge on any atom is 0.335 e. The molecule has 2 aromatic carbocycles. The molecule has 0 fully saturated rings. The predicted octanol–water partition coefficient (Wildman–Crippen LogP) is 2.73. The first kappa shape index (κ1) is 14.1. The third kappa shape index (κ3) is 2.97. The van der Waals surface area contributed by atoms with E-state index in [4.69, 9.17) is 5.73 Å². The zero-order chi connectivity index (χ0) is 14.5. The van der Waals surface area contributed by atoms with Gasteiger partial charge in [-0.15, -0.1) is 0 Å². The predicted molar refractivity (Wildman–Crippen MR) is 81.1 cm³/mol. The normalized spacial score (nSPS) is 10.3. The van der Waals surface area contributed by atoms with E-state index in [1.165, 1.54) is 0 Å². The maximum absolute atomic E-state index is 11.2. The van der Waals surface area contributed by atoms with Crippen molar-refractivity contribution in [3.05, 3.63) is 53.6 Å². The van der Waals surface area contributed by atoms with E-state index in [0.717, 1.165) is 22.4 Å². The average Bonchev–Trinajstić information content (AvgIpc) is 2.45. The first-order valence-electron chi connectivity index (χ1n) is 6.50. The van der Waals surface area contributed by atoms with Gasteiger partial charge in [-0.1, -0.05) is 24.3 Å². The first-order chi connectivity index (χ1) is 9.63. The molecule has 0 bridgehead atoms. The largest absolute Gasteiger partial charge is 0.478 e. The van der Waals surface area contributed by atoms with Crippen molar-refractivity contribution in [3.8, 4) is 11.1 Å². The molecule has 0 spiro atoms. The number of hydrogen-bond acceptors (Lipinski definition) is 3. The molecule has 0 atom stereocenters. The van der Waals surface area contributed by atoms with E-state index in [0.29, 0.717) is 18.7 Å². The summed E-state index contributed by atoms with van der Waals surface area (Å²) in [5.41, 5.74) is 9.49. The van der Waals surface area contributed by atoms with Gasteiger partial charge in [0.1, 0.15) is 0 Å². The Morgan fingerprint density at radius 2 is 2.00 bits per heavy atom. The second-order valence-corrected chi connectivity index (χ2v) is 4.58. The Balaban J connectivity index is 2.41. The van der Waals surface area contributed by atoms with Gasteiger partial charge in [0.15, 0.2) is 0 Å². The highest BCUT2D eigenvalue weighted by Crippen LogP contribution is 2.27. The zero-order valence-electron chi connectivity index (χ0n) is 11.4. The van der Waals surface area contributed by atoms with Gasteiger partial charge in [0.25, 0.3) is 0 Å². The van der Waals surface area contributed by atoms with Crippen LogP contribution in [0.3, 0.4) is 0 Å². The molecule has 0 aliphatic carbocycles. The Kier molecular flexibility index (Phi) is 4.38. The van der Waals surface area contributed by atoms with Gasteiger partial charge in [-0.2, -0.15) is 0 Å². The lowest BCUT2D eigenvalue weighted by atomic mass is 9.96.